The fraction of sp³-hybridized carbons (Fsp3) is 0.312. The molecule has 0 bridgehead atoms. The number of imidazole rings is 1. The summed E-state index contributed by atoms with van der Waals surface area (Å²) >= 11 is 0. The normalized spacial score (nSPS) is 12.9. The van der Waals surface area contributed by atoms with Crippen LogP contribution in [0.25, 0.3) is 22.6 Å². The number of hydrogen-bond donors (Lipinski definition) is 1. The molecule has 0 amide bonds. The topological polar surface area (TPSA) is 57.0 Å². The van der Waals surface area contributed by atoms with Gasteiger partial charge in [0.25, 0.3) is 0 Å². The first-order chi connectivity index (χ1) is 9.69. The quantitative estimate of drug-likeness (QED) is 0.792. The molecular weight excluding hydrogens is 250 g/mol. The first-order valence-electron chi connectivity index (χ1n) is 6.88. The van der Waals surface area contributed by atoms with Crippen molar-refractivity contribution < 1.29 is 4.42 Å². The fourth-order valence-electron chi connectivity index (χ4n) is 2.47. The Morgan fingerprint density at radius 1 is 1.35 bits per heavy atom. The van der Waals surface area contributed by atoms with Crippen LogP contribution >= 0.6 is 0 Å². The Morgan fingerprint density at radius 2 is 2.20 bits per heavy atom. The zero-order valence-corrected chi connectivity index (χ0v) is 11.8. The van der Waals surface area contributed by atoms with E-state index in [1.54, 1.807) is 6.26 Å². The van der Waals surface area contributed by atoms with Crippen LogP contribution in [0.5, 0.6) is 0 Å². The second-order valence-electron chi connectivity index (χ2n) is 5.34. The zero-order valence-electron chi connectivity index (χ0n) is 11.8. The van der Waals surface area contributed by atoms with Gasteiger partial charge in [0.05, 0.1) is 17.3 Å². The summed E-state index contributed by atoms with van der Waals surface area (Å²) in [5.41, 5.74) is 9.11. The number of nitrogens with two attached hydrogens (primary N) is 1. The molecule has 2 heterocycles. The van der Waals surface area contributed by atoms with Crippen molar-refractivity contribution in [3.8, 4) is 11.6 Å². The van der Waals surface area contributed by atoms with E-state index in [1.165, 1.54) is 5.56 Å². The molecule has 2 N–H and O–H groups in total. The van der Waals surface area contributed by atoms with E-state index in [4.69, 9.17) is 10.2 Å². The molecule has 0 aliphatic carbocycles. The van der Waals surface area contributed by atoms with Gasteiger partial charge in [0.1, 0.15) is 0 Å². The first-order valence-corrected chi connectivity index (χ1v) is 6.88. The van der Waals surface area contributed by atoms with E-state index in [-0.39, 0.29) is 0 Å². The molecule has 0 fully saturated rings. The molecule has 0 saturated carbocycles. The number of nitrogens with zero attached hydrogens (tertiary/aromatic N) is 2. The zero-order chi connectivity index (χ0) is 14.1. The van der Waals surface area contributed by atoms with Crippen LogP contribution in [0.3, 0.4) is 0 Å². The molecule has 4 nitrogen and oxygen atoms in total. The van der Waals surface area contributed by atoms with Gasteiger partial charge in [0, 0.05) is 7.05 Å². The highest BCUT2D eigenvalue weighted by Crippen LogP contribution is 2.25. The van der Waals surface area contributed by atoms with Gasteiger partial charge in [-0.05, 0) is 48.7 Å². The minimum atomic E-state index is 0.491. The molecule has 0 spiro atoms. The van der Waals surface area contributed by atoms with Crippen molar-refractivity contribution in [2.24, 2.45) is 18.7 Å². The van der Waals surface area contributed by atoms with Crippen molar-refractivity contribution in [2.45, 2.75) is 13.3 Å². The Morgan fingerprint density at radius 3 is 2.90 bits per heavy atom. The molecule has 0 saturated heterocycles. The third kappa shape index (κ3) is 2.23. The lowest BCUT2D eigenvalue weighted by atomic mass is 10.0. The average molecular weight is 269 g/mol. The van der Waals surface area contributed by atoms with E-state index in [1.807, 2.05) is 19.2 Å². The van der Waals surface area contributed by atoms with Gasteiger partial charge in [0.15, 0.2) is 11.6 Å². The smallest absolute Gasteiger partial charge is 0.176 e. The van der Waals surface area contributed by atoms with Gasteiger partial charge in [-0.3, -0.25) is 0 Å². The monoisotopic (exact) mass is 269 g/mol. The highest BCUT2D eigenvalue weighted by Gasteiger charge is 2.12. The third-order valence-electron chi connectivity index (χ3n) is 3.67. The maximum atomic E-state index is 5.70. The van der Waals surface area contributed by atoms with E-state index >= 15 is 0 Å². The van der Waals surface area contributed by atoms with Gasteiger partial charge in [-0.1, -0.05) is 13.0 Å². The van der Waals surface area contributed by atoms with Gasteiger partial charge in [0.2, 0.25) is 0 Å². The Balaban J connectivity index is 2.04. The molecule has 104 valence electrons. The van der Waals surface area contributed by atoms with E-state index in [2.05, 4.69) is 34.7 Å². The number of aromatic nitrogens is 2. The summed E-state index contributed by atoms with van der Waals surface area (Å²) in [5, 5.41) is 0. The van der Waals surface area contributed by atoms with Crippen molar-refractivity contribution in [1.82, 2.24) is 9.55 Å². The van der Waals surface area contributed by atoms with Crippen LogP contribution in [-0.2, 0) is 13.5 Å². The second kappa shape index (κ2) is 5.13. The van der Waals surface area contributed by atoms with Crippen LogP contribution < -0.4 is 5.73 Å². The van der Waals surface area contributed by atoms with E-state index in [9.17, 15) is 0 Å². The number of rotatable bonds is 4. The summed E-state index contributed by atoms with van der Waals surface area (Å²) in [6.07, 6.45) is 2.66. The van der Waals surface area contributed by atoms with E-state index in [0.29, 0.717) is 12.5 Å². The third-order valence-corrected chi connectivity index (χ3v) is 3.67. The van der Waals surface area contributed by atoms with Crippen LogP contribution in [0.15, 0.2) is 41.0 Å². The summed E-state index contributed by atoms with van der Waals surface area (Å²) in [6, 6.07) is 10.2. The van der Waals surface area contributed by atoms with Crippen LogP contribution in [0.4, 0.5) is 0 Å². The average Bonchev–Trinajstić information content (AvgIpc) is 3.07. The molecule has 0 radical (unpaired) electrons. The molecular formula is C16H19N3O. The van der Waals surface area contributed by atoms with Gasteiger partial charge in [-0.15, -0.1) is 0 Å². The highest BCUT2D eigenvalue weighted by molar-refractivity contribution is 5.80. The number of fused-ring (bicyclic) bond motifs is 1. The van der Waals surface area contributed by atoms with Crippen molar-refractivity contribution in [1.29, 1.82) is 0 Å². The van der Waals surface area contributed by atoms with Crippen LogP contribution in [0.2, 0.25) is 0 Å². The van der Waals surface area contributed by atoms with Crippen molar-refractivity contribution in [3.05, 3.63) is 42.2 Å². The summed E-state index contributed by atoms with van der Waals surface area (Å²) < 4.78 is 7.52. The second-order valence-corrected chi connectivity index (χ2v) is 5.34. The molecule has 1 atom stereocenters. The minimum absolute atomic E-state index is 0.491. The fourth-order valence-corrected chi connectivity index (χ4v) is 2.47. The number of hydrogen-bond acceptors (Lipinski definition) is 3. The Labute approximate surface area is 118 Å². The van der Waals surface area contributed by atoms with Crippen molar-refractivity contribution in [2.75, 3.05) is 6.54 Å². The molecule has 20 heavy (non-hydrogen) atoms. The maximum absolute atomic E-state index is 5.70. The number of aryl methyl sites for hydroxylation is 1. The first kappa shape index (κ1) is 12.9. The predicted molar refractivity (Wildman–Crippen MR) is 80.3 cm³/mol. The lowest BCUT2D eigenvalue weighted by Crippen LogP contribution is -2.13. The van der Waals surface area contributed by atoms with Gasteiger partial charge in [-0.25, -0.2) is 4.98 Å². The Hall–Kier alpha value is -2.07. The minimum Gasteiger partial charge on any atom is -0.461 e. The van der Waals surface area contributed by atoms with Crippen molar-refractivity contribution >= 4 is 11.0 Å². The van der Waals surface area contributed by atoms with E-state index < -0.39 is 0 Å². The summed E-state index contributed by atoms with van der Waals surface area (Å²) in [4.78, 5) is 4.64. The van der Waals surface area contributed by atoms with Crippen LogP contribution in [0, 0.1) is 5.92 Å². The molecule has 3 aromatic rings. The largest absolute Gasteiger partial charge is 0.461 e. The molecule has 0 aliphatic heterocycles. The standard InChI is InChI=1S/C16H19N3O/c1-11(10-17)8-12-5-6-13-14(9-12)19(2)16(18-13)15-4-3-7-20-15/h3-7,9,11H,8,10,17H2,1-2H3. The number of benzene rings is 1. The van der Waals surface area contributed by atoms with E-state index in [0.717, 1.165) is 29.0 Å². The van der Waals surface area contributed by atoms with Gasteiger partial charge < -0.3 is 14.7 Å². The summed E-state index contributed by atoms with van der Waals surface area (Å²) in [5.74, 6) is 2.14. The lowest BCUT2D eigenvalue weighted by molar-refractivity contribution is 0.574. The summed E-state index contributed by atoms with van der Waals surface area (Å²) in [6.45, 7) is 2.88. The molecule has 0 aliphatic rings. The molecule has 1 unspecified atom stereocenters. The number of furan rings is 1. The Bertz CT molecular complexity index is 713. The lowest BCUT2D eigenvalue weighted by Gasteiger charge is -2.08. The predicted octanol–water partition coefficient (Wildman–Crippen LogP) is 2.97. The SMILES string of the molecule is CC(CN)Cc1ccc2nc(-c3ccco3)n(C)c2c1. The Kier molecular flexibility index (Phi) is 3.32. The van der Waals surface area contributed by atoms with Crippen molar-refractivity contribution in [3.63, 3.8) is 0 Å². The molecule has 4 heteroatoms. The molecule has 1 aromatic carbocycles. The molecule has 3 rings (SSSR count). The molecule has 2 aromatic heterocycles. The van der Waals surface area contributed by atoms with Crippen LogP contribution in [0.1, 0.15) is 12.5 Å². The maximum Gasteiger partial charge on any atom is 0.176 e. The van der Waals surface area contributed by atoms with Crippen LogP contribution in [-0.4, -0.2) is 16.1 Å². The summed E-state index contributed by atoms with van der Waals surface area (Å²) in [7, 11) is 2.02. The highest BCUT2D eigenvalue weighted by atomic mass is 16.3. The van der Waals surface area contributed by atoms with Gasteiger partial charge >= 0.3 is 0 Å². The van der Waals surface area contributed by atoms with Gasteiger partial charge in [-0.2, -0.15) is 0 Å².